The van der Waals surface area contributed by atoms with E-state index in [0.717, 1.165) is 6.20 Å². The summed E-state index contributed by atoms with van der Waals surface area (Å²) in [5, 5.41) is 25.7. The summed E-state index contributed by atoms with van der Waals surface area (Å²) in [6, 6.07) is 3.99. The molecule has 1 aromatic carbocycles. The van der Waals surface area contributed by atoms with Crippen LogP contribution in [0.2, 0.25) is 10.0 Å². The van der Waals surface area contributed by atoms with Gasteiger partial charge in [0.05, 0.1) is 18.0 Å². The van der Waals surface area contributed by atoms with E-state index in [4.69, 9.17) is 27.7 Å². The Labute approximate surface area is 194 Å². The lowest BCUT2D eigenvalue weighted by atomic mass is 10.2. The molecule has 33 heavy (non-hydrogen) atoms. The van der Waals surface area contributed by atoms with E-state index in [2.05, 4.69) is 20.7 Å². The van der Waals surface area contributed by atoms with Gasteiger partial charge in [-0.15, -0.1) is 0 Å². The molecule has 14 heteroatoms. The van der Waals surface area contributed by atoms with Gasteiger partial charge in [-0.25, -0.2) is 4.39 Å². The Bertz CT molecular complexity index is 1360. The van der Waals surface area contributed by atoms with E-state index in [1.165, 1.54) is 40.0 Å². The number of halogens is 3. The van der Waals surface area contributed by atoms with Gasteiger partial charge in [-0.3, -0.25) is 24.3 Å². The maximum absolute atomic E-state index is 13.2. The third kappa shape index (κ3) is 4.86. The second-order valence-electron chi connectivity index (χ2n) is 6.93. The number of rotatable bonds is 7. The van der Waals surface area contributed by atoms with Crippen LogP contribution in [0.25, 0.3) is 0 Å². The minimum absolute atomic E-state index is 0.0250. The smallest absolute Gasteiger partial charge is 0.307 e. The summed E-state index contributed by atoms with van der Waals surface area (Å²) in [7, 11) is 0. The molecule has 4 rings (SSSR count). The van der Waals surface area contributed by atoms with Crippen LogP contribution in [0.1, 0.15) is 27.4 Å². The predicted molar refractivity (Wildman–Crippen MR) is 115 cm³/mol. The van der Waals surface area contributed by atoms with Gasteiger partial charge in [0, 0.05) is 16.8 Å². The molecule has 3 aromatic heterocycles. The van der Waals surface area contributed by atoms with Crippen molar-refractivity contribution in [2.24, 2.45) is 0 Å². The number of carbonyl (C=O) groups is 1. The van der Waals surface area contributed by atoms with Crippen LogP contribution in [0.5, 0.6) is 0 Å². The highest BCUT2D eigenvalue weighted by atomic mass is 35.5. The number of nitrogens with one attached hydrogen (secondary N) is 1. The molecule has 0 fully saturated rings. The fourth-order valence-electron chi connectivity index (χ4n) is 3.01. The van der Waals surface area contributed by atoms with Crippen LogP contribution in [0, 0.1) is 22.9 Å². The maximum atomic E-state index is 13.2. The Balaban J connectivity index is 1.51. The van der Waals surface area contributed by atoms with Crippen LogP contribution in [0.4, 0.5) is 15.9 Å². The van der Waals surface area contributed by atoms with Crippen molar-refractivity contribution in [3.63, 3.8) is 0 Å². The van der Waals surface area contributed by atoms with Gasteiger partial charge in [0.2, 0.25) is 0 Å². The third-order valence-corrected chi connectivity index (χ3v) is 5.28. The summed E-state index contributed by atoms with van der Waals surface area (Å²) in [6.07, 6.45) is 3.81. The van der Waals surface area contributed by atoms with Crippen LogP contribution < -0.4 is 5.32 Å². The van der Waals surface area contributed by atoms with Crippen molar-refractivity contribution < 1.29 is 18.6 Å². The van der Waals surface area contributed by atoms with Gasteiger partial charge >= 0.3 is 5.69 Å². The average molecular weight is 494 g/mol. The summed E-state index contributed by atoms with van der Waals surface area (Å²) < 4.78 is 21.1. The number of benzene rings is 1. The van der Waals surface area contributed by atoms with E-state index in [0.29, 0.717) is 16.9 Å². The molecule has 11 nitrogen and oxygen atoms in total. The highest BCUT2D eigenvalue weighted by molar-refractivity contribution is 6.33. The topological polar surface area (TPSA) is 134 Å². The first-order valence-electron chi connectivity index (χ1n) is 9.31. The van der Waals surface area contributed by atoms with Crippen LogP contribution in [0.15, 0.2) is 41.3 Å². The Hall–Kier alpha value is -3.77. The van der Waals surface area contributed by atoms with Crippen LogP contribution in [-0.2, 0) is 13.1 Å². The zero-order valence-electron chi connectivity index (χ0n) is 16.8. The van der Waals surface area contributed by atoms with Gasteiger partial charge < -0.3 is 9.84 Å². The van der Waals surface area contributed by atoms with Crippen molar-refractivity contribution in [1.82, 2.24) is 24.7 Å². The molecular weight excluding hydrogens is 480 g/mol. The van der Waals surface area contributed by atoms with E-state index in [1.807, 2.05) is 0 Å². The number of aromatic nitrogens is 5. The molecule has 0 aliphatic rings. The molecule has 0 aliphatic heterocycles. The molecule has 0 bridgehead atoms. The van der Waals surface area contributed by atoms with E-state index in [-0.39, 0.29) is 40.3 Å². The lowest BCUT2D eigenvalue weighted by Gasteiger charge is -2.05. The van der Waals surface area contributed by atoms with E-state index < -0.39 is 16.6 Å². The number of hydrogen-bond acceptors (Lipinski definition) is 7. The molecule has 0 unspecified atom stereocenters. The molecule has 0 spiro atoms. The zero-order valence-corrected chi connectivity index (χ0v) is 18.3. The molecule has 0 saturated heterocycles. The van der Waals surface area contributed by atoms with Crippen molar-refractivity contribution in [3.8, 4) is 0 Å². The number of carbonyl (C=O) groups excluding carboxylic acids is 1. The fourth-order valence-corrected chi connectivity index (χ4v) is 3.43. The number of amides is 1. The largest absolute Gasteiger partial charge is 0.361 e. The number of nitro groups is 1. The SMILES string of the molecule is Cc1onc(C(=O)Nc2nn(Cc3ccc(F)cc3Cl)cc2Cl)c1Cn1cc([N+](=O)[O-])cn1. The number of nitrogens with zero attached hydrogens (tertiary/aromatic N) is 6. The molecule has 0 atom stereocenters. The van der Waals surface area contributed by atoms with Crippen LogP contribution in [0.3, 0.4) is 0 Å². The van der Waals surface area contributed by atoms with Gasteiger partial charge in [-0.05, 0) is 24.6 Å². The fraction of sp³-hybridized carbons (Fsp3) is 0.158. The molecule has 4 aromatic rings. The van der Waals surface area contributed by atoms with E-state index >= 15 is 0 Å². The molecule has 170 valence electrons. The van der Waals surface area contributed by atoms with E-state index in [9.17, 15) is 19.3 Å². The van der Waals surface area contributed by atoms with Crippen molar-refractivity contribution in [1.29, 1.82) is 0 Å². The van der Waals surface area contributed by atoms with Gasteiger partial charge in [-0.2, -0.15) is 10.2 Å². The summed E-state index contributed by atoms with van der Waals surface area (Å²) in [5.74, 6) is -0.684. The zero-order chi connectivity index (χ0) is 23.7. The number of anilines is 1. The first kappa shape index (κ1) is 22.4. The predicted octanol–water partition coefficient (Wildman–Crippen LogP) is 4.08. The van der Waals surface area contributed by atoms with Crippen molar-refractivity contribution in [2.75, 3.05) is 5.32 Å². The van der Waals surface area contributed by atoms with Crippen molar-refractivity contribution >= 4 is 40.6 Å². The monoisotopic (exact) mass is 493 g/mol. The van der Waals surface area contributed by atoms with Crippen molar-refractivity contribution in [3.05, 3.63) is 85.3 Å². The van der Waals surface area contributed by atoms with Gasteiger partial charge in [0.25, 0.3) is 5.91 Å². The quantitative estimate of drug-likeness (QED) is 0.302. The van der Waals surface area contributed by atoms with Gasteiger partial charge in [-0.1, -0.05) is 34.4 Å². The third-order valence-electron chi connectivity index (χ3n) is 4.65. The second-order valence-corrected chi connectivity index (χ2v) is 7.75. The van der Waals surface area contributed by atoms with Gasteiger partial charge in [0.15, 0.2) is 11.5 Å². The minimum Gasteiger partial charge on any atom is -0.361 e. The summed E-state index contributed by atoms with van der Waals surface area (Å²) >= 11 is 12.3. The molecule has 0 aliphatic carbocycles. The standard InChI is InChI=1S/C19H14Cl2FN7O4/c1-10-14(8-27-7-13(5-23-27)29(31)32)17(26-33-10)19(30)24-18-16(21)9-28(25-18)6-11-2-3-12(22)4-15(11)20/h2-5,7,9H,6,8H2,1H3,(H,24,25,30). The highest BCUT2D eigenvalue weighted by Crippen LogP contribution is 2.24. The maximum Gasteiger partial charge on any atom is 0.307 e. The van der Waals surface area contributed by atoms with Crippen molar-refractivity contribution in [2.45, 2.75) is 20.0 Å². The molecule has 0 saturated carbocycles. The first-order chi connectivity index (χ1) is 15.7. The molecule has 1 amide bonds. The molecule has 1 N–H and O–H groups in total. The minimum atomic E-state index is -0.643. The van der Waals surface area contributed by atoms with E-state index in [1.54, 1.807) is 6.92 Å². The Kier molecular flexibility index (Phi) is 6.11. The Morgan fingerprint density at radius 1 is 1.24 bits per heavy atom. The Morgan fingerprint density at radius 3 is 2.73 bits per heavy atom. The summed E-state index contributed by atoms with van der Waals surface area (Å²) in [4.78, 5) is 23.1. The molecule has 3 heterocycles. The summed E-state index contributed by atoms with van der Waals surface area (Å²) in [5.41, 5.74) is 0.767. The van der Waals surface area contributed by atoms with Crippen LogP contribution >= 0.6 is 23.2 Å². The molecule has 0 radical (unpaired) electrons. The number of hydrogen-bond donors (Lipinski definition) is 1. The Morgan fingerprint density at radius 2 is 2.03 bits per heavy atom. The lowest BCUT2D eigenvalue weighted by molar-refractivity contribution is -0.385. The van der Waals surface area contributed by atoms with Gasteiger partial charge in [0.1, 0.15) is 29.0 Å². The van der Waals surface area contributed by atoms with Crippen LogP contribution in [-0.4, -0.2) is 35.5 Å². The molecular formula is C19H14Cl2FN7O4. The number of aryl methyl sites for hydroxylation is 1. The highest BCUT2D eigenvalue weighted by Gasteiger charge is 2.23. The average Bonchev–Trinajstić information content (AvgIpc) is 3.45. The first-order valence-corrected chi connectivity index (χ1v) is 10.1. The summed E-state index contributed by atoms with van der Waals surface area (Å²) in [6.45, 7) is 1.82. The second kappa shape index (κ2) is 9.00. The lowest BCUT2D eigenvalue weighted by Crippen LogP contribution is -2.17. The normalized spacial score (nSPS) is 11.0.